The van der Waals surface area contributed by atoms with Crippen molar-refractivity contribution in [2.75, 3.05) is 17.9 Å². The Hall–Kier alpha value is -3.36. The molecule has 0 heterocycles. The Bertz CT molecular complexity index is 1340. The molecule has 1 N–H and O–H groups in total. The lowest BCUT2D eigenvalue weighted by atomic mass is 10.1. The molecule has 3 aromatic carbocycles. The Morgan fingerprint density at radius 3 is 2.17 bits per heavy atom. The first-order chi connectivity index (χ1) is 17.1. The van der Waals surface area contributed by atoms with Crippen molar-refractivity contribution in [2.24, 2.45) is 0 Å². The highest BCUT2D eigenvalue weighted by molar-refractivity contribution is 7.92. The Kier molecular flexibility index (Phi) is 8.76. The minimum absolute atomic E-state index is 0.0330. The number of sulfonamides is 1. The number of halogens is 1. The molecule has 0 saturated heterocycles. The van der Waals surface area contributed by atoms with Gasteiger partial charge in [0.2, 0.25) is 11.8 Å². The van der Waals surface area contributed by atoms with Crippen molar-refractivity contribution in [3.05, 3.63) is 94.5 Å². The largest absolute Gasteiger partial charge is 0.357 e. The predicted octanol–water partition coefficient (Wildman–Crippen LogP) is 4.32. The van der Waals surface area contributed by atoms with Crippen LogP contribution in [0, 0.1) is 13.8 Å². The number of hydrogen-bond donors (Lipinski definition) is 1. The number of carbonyl (C=O) groups excluding carboxylic acids is 2. The van der Waals surface area contributed by atoms with Crippen molar-refractivity contribution in [3.8, 4) is 0 Å². The van der Waals surface area contributed by atoms with Gasteiger partial charge in [-0.25, -0.2) is 8.42 Å². The molecule has 36 heavy (non-hydrogen) atoms. The molecule has 0 aromatic heterocycles. The monoisotopic (exact) mass is 527 g/mol. The summed E-state index contributed by atoms with van der Waals surface area (Å²) in [4.78, 5) is 27.7. The van der Waals surface area contributed by atoms with Crippen LogP contribution in [-0.4, -0.2) is 44.8 Å². The van der Waals surface area contributed by atoms with E-state index in [1.165, 1.54) is 24.1 Å². The van der Waals surface area contributed by atoms with E-state index in [0.29, 0.717) is 0 Å². The lowest BCUT2D eigenvalue weighted by Gasteiger charge is -2.32. The van der Waals surface area contributed by atoms with Gasteiger partial charge >= 0.3 is 0 Å². The highest BCUT2D eigenvalue weighted by Crippen LogP contribution is 2.31. The van der Waals surface area contributed by atoms with Crippen molar-refractivity contribution in [1.82, 2.24) is 10.2 Å². The van der Waals surface area contributed by atoms with Crippen molar-refractivity contribution in [3.63, 3.8) is 0 Å². The Balaban J connectivity index is 2.06. The van der Waals surface area contributed by atoms with E-state index < -0.39 is 28.5 Å². The van der Waals surface area contributed by atoms with E-state index in [4.69, 9.17) is 11.6 Å². The predicted molar refractivity (Wildman–Crippen MR) is 142 cm³/mol. The summed E-state index contributed by atoms with van der Waals surface area (Å²) in [5.74, 6) is -0.896. The van der Waals surface area contributed by atoms with Gasteiger partial charge in [0, 0.05) is 13.6 Å². The molecule has 0 saturated carbocycles. The molecule has 0 aliphatic carbocycles. The topological polar surface area (TPSA) is 86.8 Å². The maximum Gasteiger partial charge on any atom is 0.264 e. The molecule has 0 aliphatic rings. The first kappa shape index (κ1) is 27.2. The van der Waals surface area contributed by atoms with Gasteiger partial charge < -0.3 is 10.2 Å². The minimum atomic E-state index is -4.15. The molecule has 190 valence electrons. The first-order valence-electron chi connectivity index (χ1n) is 11.5. The van der Waals surface area contributed by atoms with E-state index in [0.717, 1.165) is 21.0 Å². The highest BCUT2D eigenvalue weighted by atomic mass is 35.5. The second kappa shape index (κ2) is 11.6. The number of hydrogen-bond acceptors (Lipinski definition) is 4. The average Bonchev–Trinajstić information content (AvgIpc) is 2.86. The number of benzene rings is 3. The van der Waals surface area contributed by atoms with Crippen LogP contribution in [0.1, 0.15) is 23.6 Å². The molecule has 0 fully saturated rings. The summed E-state index contributed by atoms with van der Waals surface area (Å²) in [6, 6.07) is 19.5. The summed E-state index contributed by atoms with van der Waals surface area (Å²) in [5, 5.41) is 2.76. The second-order valence-electron chi connectivity index (χ2n) is 8.51. The van der Waals surface area contributed by atoms with Crippen LogP contribution in [-0.2, 0) is 26.2 Å². The number of aryl methyl sites for hydroxylation is 2. The third-order valence-electron chi connectivity index (χ3n) is 6.02. The first-order valence-corrected chi connectivity index (χ1v) is 13.3. The van der Waals surface area contributed by atoms with Crippen molar-refractivity contribution in [2.45, 2.75) is 38.3 Å². The lowest BCUT2D eigenvalue weighted by molar-refractivity contribution is -0.139. The van der Waals surface area contributed by atoms with Crippen molar-refractivity contribution < 1.29 is 18.0 Å². The maximum atomic E-state index is 13.7. The standard InChI is InChI=1S/C27H30ClN3O4S/c1-19-13-15-23(16-14-19)36(34,35)31(25-12-8-7-11-24(25)28)18-26(32)30(21(3)27(33)29-4)17-22-10-6-5-9-20(22)2/h5-16,21H,17-18H2,1-4H3,(H,29,33)/t21-/m1/s1. The average molecular weight is 528 g/mol. The third kappa shape index (κ3) is 6.06. The number of likely N-dealkylation sites (N-methyl/N-ethyl adjacent to an activating group) is 1. The molecule has 0 aliphatic heterocycles. The molecular formula is C27H30ClN3O4S. The van der Waals surface area contributed by atoms with E-state index >= 15 is 0 Å². The van der Waals surface area contributed by atoms with Crippen LogP contribution >= 0.6 is 11.6 Å². The summed E-state index contributed by atoms with van der Waals surface area (Å²) in [6.07, 6.45) is 0. The molecule has 0 radical (unpaired) electrons. The van der Waals surface area contributed by atoms with Gasteiger partial charge in [0.25, 0.3) is 10.0 Å². The molecule has 2 amide bonds. The molecule has 0 bridgehead atoms. The van der Waals surface area contributed by atoms with E-state index in [1.54, 1.807) is 43.3 Å². The minimum Gasteiger partial charge on any atom is -0.357 e. The quantitative estimate of drug-likeness (QED) is 0.449. The second-order valence-corrected chi connectivity index (χ2v) is 10.8. The summed E-state index contributed by atoms with van der Waals surface area (Å²) < 4.78 is 28.5. The zero-order valence-electron chi connectivity index (χ0n) is 20.7. The number of nitrogens with one attached hydrogen (secondary N) is 1. The fourth-order valence-electron chi connectivity index (χ4n) is 3.77. The van der Waals surface area contributed by atoms with Crippen LogP contribution in [0.2, 0.25) is 5.02 Å². The molecule has 0 spiro atoms. The summed E-state index contributed by atoms with van der Waals surface area (Å²) >= 11 is 6.39. The van der Waals surface area contributed by atoms with Gasteiger partial charge in [0.05, 0.1) is 15.6 Å². The molecule has 7 nitrogen and oxygen atoms in total. The Morgan fingerprint density at radius 2 is 1.56 bits per heavy atom. The van der Waals surface area contributed by atoms with Gasteiger partial charge in [-0.2, -0.15) is 0 Å². The van der Waals surface area contributed by atoms with Gasteiger partial charge in [0.1, 0.15) is 12.6 Å². The fourth-order valence-corrected chi connectivity index (χ4v) is 5.49. The Labute approximate surface area is 217 Å². The number of rotatable bonds is 9. The van der Waals surface area contributed by atoms with Crippen molar-refractivity contribution in [1.29, 1.82) is 0 Å². The van der Waals surface area contributed by atoms with Crippen LogP contribution in [0.5, 0.6) is 0 Å². The van der Waals surface area contributed by atoms with E-state index in [-0.39, 0.29) is 28.1 Å². The van der Waals surface area contributed by atoms with Gasteiger partial charge in [-0.3, -0.25) is 13.9 Å². The van der Waals surface area contributed by atoms with E-state index in [1.807, 2.05) is 38.1 Å². The molecule has 1 atom stereocenters. The Morgan fingerprint density at radius 1 is 0.944 bits per heavy atom. The van der Waals surface area contributed by atoms with Gasteiger partial charge in [-0.05, 0) is 56.2 Å². The van der Waals surface area contributed by atoms with Crippen LogP contribution < -0.4 is 9.62 Å². The van der Waals surface area contributed by atoms with Crippen LogP contribution in [0.4, 0.5) is 5.69 Å². The molecule has 0 unspecified atom stereocenters. The number of amides is 2. The normalized spacial score (nSPS) is 12.0. The van der Waals surface area contributed by atoms with Gasteiger partial charge in [-0.15, -0.1) is 0 Å². The van der Waals surface area contributed by atoms with E-state index in [2.05, 4.69) is 5.32 Å². The maximum absolute atomic E-state index is 13.7. The molecule has 3 rings (SSSR count). The number of nitrogens with zero attached hydrogens (tertiary/aromatic N) is 2. The molecular weight excluding hydrogens is 498 g/mol. The number of para-hydroxylation sites is 1. The molecule has 3 aromatic rings. The number of anilines is 1. The SMILES string of the molecule is CNC(=O)[C@@H](C)N(Cc1ccccc1C)C(=O)CN(c1ccccc1Cl)S(=O)(=O)c1ccc(C)cc1. The lowest BCUT2D eigenvalue weighted by Crippen LogP contribution is -2.50. The summed E-state index contributed by atoms with van der Waals surface area (Å²) in [7, 11) is -2.66. The molecule has 9 heteroatoms. The van der Waals surface area contributed by atoms with Crippen LogP contribution in [0.25, 0.3) is 0 Å². The summed E-state index contributed by atoms with van der Waals surface area (Å²) in [6.45, 7) is 4.99. The van der Waals surface area contributed by atoms with Crippen molar-refractivity contribution >= 4 is 39.1 Å². The van der Waals surface area contributed by atoms with E-state index in [9.17, 15) is 18.0 Å². The summed E-state index contributed by atoms with van der Waals surface area (Å²) in [5.41, 5.74) is 2.89. The zero-order valence-corrected chi connectivity index (χ0v) is 22.3. The smallest absolute Gasteiger partial charge is 0.264 e. The van der Waals surface area contributed by atoms with Gasteiger partial charge in [-0.1, -0.05) is 65.7 Å². The number of carbonyl (C=O) groups is 2. The highest BCUT2D eigenvalue weighted by Gasteiger charge is 2.33. The zero-order chi connectivity index (χ0) is 26.5. The van der Waals surface area contributed by atoms with Crippen LogP contribution in [0.15, 0.2) is 77.7 Å². The van der Waals surface area contributed by atoms with Crippen LogP contribution in [0.3, 0.4) is 0 Å². The fraction of sp³-hybridized carbons (Fsp3) is 0.259. The third-order valence-corrected chi connectivity index (χ3v) is 8.12. The van der Waals surface area contributed by atoms with Gasteiger partial charge in [0.15, 0.2) is 0 Å².